The van der Waals surface area contributed by atoms with Gasteiger partial charge in [0.2, 0.25) is 11.8 Å². The summed E-state index contributed by atoms with van der Waals surface area (Å²) in [6.07, 6.45) is 2.60. The topological polar surface area (TPSA) is 56.6 Å². The van der Waals surface area contributed by atoms with E-state index < -0.39 is 0 Å². The van der Waals surface area contributed by atoms with Gasteiger partial charge in [-0.25, -0.2) is 4.68 Å². The van der Waals surface area contributed by atoms with Crippen molar-refractivity contribution < 1.29 is 14.3 Å². The zero-order chi connectivity index (χ0) is 21.1. The number of carbonyl (C=O) groups excluding carboxylic acids is 1. The molecule has 0 atom stereocenters. The Morgan fingerprint density at radius 2 is 1.77 bits per heavy atom. The van der Waals surface area contributed by atoms with Crippen LogP contribution in [0.15, 0.2) is 54.6 Å². The molecule has 2 aromatic carbocycles. The zero-order valence-electron chi connectivity index (χ0n) is 17.7. The van der Waals surface area contributed by atoms with Crippen LogP contribution in [-0.4, -0.2) is 33.7 Å². The van der Waals surface area contributed by atoms with E-state index in [4.69, 9.17) is 14.6 Å². The Labute approximate surface area is 177 Å². The minimum atomic E-state index is 0.160. The maximum Gasteiger partial charge on any atom is 0.228 e. The van der Waals surface area contributed by atoms with E-state index in [1.165, 1.54) is 0 Å². The molecule has 1 heterocycles. The van der Waals surface area contributed by atoms with Gasteiger partial charge >= 0.3 is 0 Å². The molecule has 1 aromatic heterocycles. The summed E-state index contributed by atoms with van der Waals surface area (Å²) >= 11 is 0. The summed E-state index contributed by atoms with van der Waals surface area (Å²) in [6.45, 7) is 4.36. The average molecular weight is 405 g/mol. The molecule has 30 heavy (non-hydrogen) atoms. The maximum absolute atomic E-state index is 12.6. The van der Waals surface area contributed by atoms with Crippen molar-refractivity contribution in [3.8, 4) is 23.1 Å². The van der Waals surface area contributed by atoms with E-state index in [0.29, 0.717) is 36.4 Å². The second-order valence-corrected chi connectivity index (χ2v) is 7.48. The zero-order valence-corrected chi connectivity index (χ0v) is 17.7. The van der Waals surface area contributed by atoms with Crippen molar-refractivity contribution in [2.24, 2.45) is 0 Å². The molecule has 156 valence electrons. The Morgan fingerprint density at radius 3 is 2.40 bits per heavy atom. The van der Waals surface area contributed by atoms with Crippen LogP contribution >= 0.6 is 0 Å². The van der Waals surface area contributed by atoms with Gasteiger partial charge in [-0.3, -0.25) is 4.79 Å². The fraction of sp³-hybridized carbons (Fsp3) is 0.333. The van der Waals surface area contributed by atoms with Gasteiger partial charge in [-0.15, -0.1) is 0 Å². The smallest absolute Gasteiger partial charge is 0.228 e. The molecule has 1 saturated carbocycles. The van der Waals surface area contributed by atoms with E-state index in [0.717, 1.165) is 29.8 Å². The number of aromatic nitrogens is 2. The van der Waals surface area contributed by atoms with Gasteiger partial charge in [-0.2, -0.15) is 5.10 Å². The Hall–Kier alpha value is -3.28. The van der Waals surface area contributed by atoms with Gasteiger partial charge in [-0.05, 0) is 44.0 Å². The highest BCUT2D eigenvalue weighted by atomic mass is 16.5. The number of hydrogen-bond acceptors (Lipinski definition) is 4. The highest BCUT2D eigenvalue weighted by Crippen LogP contribution is 2.37. The average Bonchev–Trinajstić information content (AvgIpc) is 3.58. The van der Waals surface area contributed by atoms with E-state index in [2.05, 4.69) is 0 Å². The Kier molecular flexibility index (Phi) is 5.74. The molecule has 3 aromatic rings. The monoisotopic (exact) mass is 405 g/mol. The summed E-state index contributed by atoms with van der Waals surface area (Å²) in [5, 5.41) is 4.76. The molecule has 1 fully saturated rings. The van der Waals surface area contributed by atoms with Crippen molar-refractivity contribution in [3.05, 3.63) is 65.9 Å². The molecule has 1 aliphatic rings. The number of amides is 1. The van der Waals surface area contributed by atoms with Crippen molar-refractivity contribution in [2.45, 2.75) is 45.7 Å². The van der Waals surface area contributed by atoms with Crippen molar-refractivity contribution in [3.63, 3.8) is 0 Å². The van der Waals surface area contributed by atoms with E-state index in [1.54, 1.807) is 11.8 Å². The highest BCUT2D eigenvalue weighted by Gasteiger charge is 2.34. The van der Waals surface area contributed by atoms with Gasteiger partial charge in [-0.1, -0.05) is 37.3 Å². The molecular weight excluding hydrogens is 378 g/mol. The first-order valence-electron chi connectivity index (χ1n) is 10.4. The number of aryl methyl sites for hydroxylation is 1. The highest BCUT2D eigenvalue weighted by molar-refractivity contribution is 5.76. The minimum Gasteiger partial charge on any atom is -0.493 e. The summed E-state index contributed by atoms with van der Waals surface area (Å²) < 4.78 is 13.7. The quantitative estimate of drug-likeness (QED) is 0.536. The van der Waals surface area contributed by atoms with Gasteiger partial charge in [0.1, 0.15) is 0 Å². The lowest BCUT2D eigenvalue weighted by atomic mass is 10.2. The van der Waals surface area contributed by atoms with Crippen molar-refractivity contribution in [1.29, 1.82) is 0 Å². The summed E-state index contributed by atoms with van der Waals surface area (Å²) in [5.41, 5.74) is 2.66. The van der Waals surface area contributed by atoms with Crippen LogP contribution in [0, 0.1) is 6.92 Å². The molecule has 0 spiro atoms. The van der Waals surface area contributed by atoms with Crippen LogP contribution in [0.3, 0.4) is 0 Å². The van der Waals surface area contributed by atoms with Crippen LogP contribution in [0.25, 0.3) is 5.69 Å². The first-order valence-corrected chi connectivity index (χ1v) is 10.4. The largest absolute Gasteiger partial charge is 0.493 e. The van der Waals surface area contributed by atoms with Crippen molar-refractivity contribution in [2.75, 3.05) is 7.11 Å². The number of carbonyl (C=O) groups is 1. The second-order valence-electron chi connectivity index (χ2n) is 7.48. The summed E-state index contributed by atoms with van der Waals surface area (Å²) in [6, 6.07) is 17.7. The van der Waals surface area contributed by atoms with Crippen LogP contribution in [0.5, 0.6) is 17.4 Å². The van der Waals surface area contributed by atoms with Crippen LogP contribution in [0.1, 0.15) is 37.4 Å². The number of benzene rings is 2. The molecule has 0 unspecified atom stereocenters. The van der Waals surface area contributed by atoms with Gasteiger partial charge in [0.05, 0.1) is 30.6 Å². The predicted octanol–water partition coefficient (Wildman–Crippen LogP) is 4.88. The molecule has 1 amide bonds. The number of hydrogen-bond donors (Lipinski definition) is 0. The molecule has 4 rings (SSSR count). The summed E-state index contributed by atoms with van der Waals surface area (Å²) in [7, 11) is 1.62. The molecular formula is C24H27N3O3. The molecule has 1 aliphatic carbocycles. The third kappa shape index (κ3) is 4.03. The lowest BCUT2D eigenvalue weighted by Gasteiger charge is -2.22. The molecule has 0 radical (unpaired) electrons. The number of methoxy groups -OCH3 is 1. The van der Waals surface area contributed by atoms with E-state index >= 15 is 0 Å². The normalized spacial score (nSPS) is 13.2. The standard InChI is InChI=1S/C24H27N3O3/c1-4-23(28)26(18-14-15-18)16-20-17(2)25-27(19-10-6-5-7-11-19)24(20)30-22-13-9-8-12-21(22)29-3/h5-13,18H,4,14-16H2,1-3H3. The first kappa shape index (κ1) is 20.0. The van der Waals surface area contributed by atoms with E-state index in [-0.39, 0.29) is 5.91 Å². The predicted molar refractivity (Wildman–Crippen MR) is 115 cm³/mol. The third-order valence-electron chi connectivity index (χ3n) is 5.35. The second kappa shape index (κ2) is 8.61. The van der Waals surface area contributed by atoms with Crippen LogP contribution in [0.2, 0.25) is 0 Å². The van der Waals surface area contributed by atoms with Gasteiger partial charge in [0.15, 0.2) is 11.5 Å². The number of para-hydroxylation sites is 3. The van der Waals surface area contributed by atoms with E-state index in [9.17, 15) is 4.79 Å². The molecule has 0 aliphatic heterocycles. The van der Waals surface area contributed by atoms with Crippen molar-refractivity contribution >= 4 is 5.91 Å². The number of nitrogens with zero attached hydrogens (tertiary/aromatic N) is 3. The molecule has 0 bridgehead atoms. The lowest BCUT2D eigenvalue weighted by molar-refractivity contribution is -0.132. The third-order valence-corrected chi connectivity index (χ3v) is 5.35. The molecule has 6 heteroatoms. The van der Waals surface area contributed by atoms with Gasteiger partial charge < -0.3 is 14.4 Å². The molecule has 6 nitrogen and oxygen atoms in total. The molecule has 0 saturated heterocycles. The lowest BCUT2D eigenvalue weighted by Crippen LogP contribution is -2.32. The number of ether oxygens (including phenoxy) is 2. The van der Waals surface area contributed by atoms with Crippen LogP contribution in [0.4, 0.5) is 0 Å². The summed E-state index contributed by atoms with van der Waals surface area (Å²) in [4.78, 5) is 14.6. The van der Waals surface area contributed by atoms with Gasteiger partial charge in [0.25, 0.3) is 0 Å². The van der Waals surface area contributed by atoms with Crippen molar-refractivity contribution in [1.82, 2.24) is 14.7 Å². The SMILES string of the molecule is CCC(=O)N(Cc1c(C)nn(-c2ccccc2)c1Oc1ccccc1OC)C1CC1. The van der Waals surface area contributed by atoms with E-state index in [1.807, 2.05) is 73.3 Å². The van der Waals surface area contributed by atoms with Crippen LogP contribution < -0.4 is 9.47 Å². The Balaban J connectivity index is 1.79. The summed E-state index contributed by atoms with van der Waals surface area (Å²) in [5.74, 6) is 2.02. The maximum atomic E-state index is 12.6. The molecule has 0 N–H and O–H groups in total. The number of rotatable bonds is 8. The fourth-order valence-electron chi connectivity index (χ4n) is 3.56. The van der Waals surface area contributed by atoms with Gasteiger partial charge in [0, 0.05) is 12.5 Å². The van der Waals surface area contributed by atoms with Crippen LogP contribution in [-0.2, 0) is 11.3 Å². The Morgan fingerprint density at radius 1 is 1.10 bits per heavy atom. The Bertz CT molecular complexity index is 1030. The fourth-order valence-corrected chi connectivity index (χ4v) is 3.56. The first-order chi connectivity index (χ1) is 14.6. The minimum absolute atomic E-state index is 0.160.